The van der Waals surface area contributed by atoms with E-state index in [1.165, 1.54) is 30.3 Å². The van der Waals surface area contributed by atoms with Gasteiger partial charge in [0.05, 0.1) is 26.2 Å². The average molecular weight is 409 g/mol. The molecule has 27 heavy (non-hydrogen) atoms. The van der Waals surface area contributed by atoms with Gasteiger partial charge in [-0.25, -0.2) is 0 Å². The molecule has 0 aliphatic carbocycles. The second kappa shape index (κ2) is 7.18. The summed E-state index contributed by atoms with van der Waals surface area (Å²) < 4.78 is 5.11. The molecule has 1 aromatic heterocycles. The minimum Gasteiger partial charge on any atom is -0.507 e. The van der Waals surface area contributed by atoms with E-state index in [1.54, 1.807) is 0 Å². The SMILES string of the molecule is O=C(Nc1ccc([N+](=O)[O-])cc1Cl)c1cc(Cl)c(-c2cc(O)co2)cc1O. The Morgan fingerprint density at radius 2 is 1.85 bits per heavy atom. The van der Waals surface area contributed by atoms with Crippen LogP contribution in [0.3, 0.4) is 0 Å². The zero-order valence-corrected chi connectivity index (χ0v) is 14.8. The van der Waals surface area contributed by atoms with Crippen LogP contribution in [-0.2, 0) is 0 Å². The van der Waals surface area contributed by atoms with Crippen molar-refractivity contribution in [2.75, 3.05) is 5.32 Å². The third-order valence-electron chi connectivity index (χ3n) is 3.59. The number of carbonyl (C=O) groups excluding carboxylic acids is 1. The topological polar surface area (TPSA) is 126 Å². The number of non-ortho nitro benzene ring substituents is 1. The summed E-state index contributed by atoms with van der Waals surface area (Å²) in [4.78, 5) is 22.5. The minimum atomic E-state index is -0.723. The highest BCUT2D eigenvalue weighted by Gasteiger charge is 2.19. The number of carbonyl (C=O) groups is 1. The van der Waals surface area contributed by atoms with Crippen molar-refractivity contribution >= 4 is 40.5 Å². The standard InChI is InChI=1S/C17H10Cl2N2O6/c18-12-5-11(15(23)6-10(12)16-4-9(22)7-27-16)17(24)20-14-2-1-8(21(25)26)3-13(14)19/h1-7,22-23H,(H,20,24). The van der Waals surface area contributed by atoms with E-state index in [0.29, 0.717) is 0 Å². The largest absolute Gasteiger partial charge is 0.507 e. The molecular weight excluding hydrogens is 399 g/mol. The van der Waals surface area contributed by atoms with Gasteiger partial charge in [-0.1, -0.05) is 23.2 Å². The maximum atomic E-state index is 12.4. The molecule has 0 aliphatic heterocycles. The van der Waals surface area contributed by atoms with E-state index in [0.717, 1.165) is 12.3 Å². The van der Waals surface area contributed by atoms with Gasteiger partial charge in [0.25, 0.3) is 11.6 Å². The average Bonchev–Trinajstić information content (AvgIpc) is 3.04. The fourth-order valence-electron chi connectivity index (χ4n) is 2.31. The van der Waals surface area contributed by atoms with E-state index >= 15 is 0 Å². The summed E-state index contributed by atoms with van der Waals surface area (Å²) >= 11 is 12.1. The molecule has 0 bridgehead atoms. The lowest BCUT2D eigenvalue weighted by Crippen LogP contribution is -2.12. The van der Waals surface area contributed by atoms with Crippen molar-refractivity contribution in [2.24, 2.45) is 0 Å². The molecule has 0 aliphatic rings. The highest BCUT2D eigenvalue weighted by atomic mass is 35.5. The Hall–Kier alpha value is -3.23. The Kier molecular flexibility index (Phi) is 4.93. The van der Waals surface area contributed by atoms with E-state index in [-0.39, 0.29) is 49.8 Å². The second-order valence-corrected chi connectivity index (χ2v) is 6.21. The Labute approximate surface area is 161 Å². The number of phenolic OH excluding ortho intramolecular Hbond substituents is 1. The number of aromatic hydroxyl groups is 2. The molecule has 0 radical (unpaired) electrons. The third-order valence-corrected chi connectivity index (χ3v) is 4.22. The van der Waals surface area contributed by atoms with Gasteiger partial charge in [-0.3, -0.25) is 14.9 Å². The van der Waals surface area contributed by atoms with Crippen LogP contribution in [-0.4, -0.2) is 21.0 Å². The maximum absolute atomic E-state index is 12.4. The van der Waals surface area contributed by atoms with Crippen LogP contribution in [0.5, 0.6) is 11.5 Å². The number of hydrogen-bond donors (Lipinski definition) is 3. The summed E-state index contributed by atoms with van der Waals surface area (Å²) in [5, 5.41) is 32.8. The summed E-state index contributed by atoms with van der Waals surface area (Å²) in [7, 11) is 0. The number of anilines is 1. The number of phenols is 1. The Morgan fingerprint density at radius 1 is 1.11 bits per heavy atom. The molecule has 1 amide bonds. The van der Waals surface area contributed by atoms with Crippen LogP contribution < -0.4 is 5.32 Å². The molecule has 138 valence electrons. The molecule has 0 saturated heterocycles. The fraction of sp³-hybridized carbons (Fsp3) is 0. The van der Waals surface area contributed by atoms with Gasteiger partial charge in [0, 0.05) is 23.8 Å². The van der Waals surface area contributed by atoms with Crippen molar-refractivity contribution in [3.63, 3.8) is 0 Å². The number of rotatable bonds is 4. The maximum Gasteiger partial charge on any atom is 0.271 e. The van der Waals surface area contributed by atoms with Gasteiger partial charge < -0.3 is 19.9 Å². The number of nitro groups is 1. The van der Waals surface area contributed by atoms with Gasteiger partial charge in [-0.2, -0.15) is 0 Å². The van der Waals surface area contributed by atoms with Crippen LogP contribution in [0.15, 0.2) is 47.1 Å². The molecule has 2 aromatic carbocycles. The number of halogens is 2. The summed E-state index contributed by atoms with van der Waals surface area (Å²) in [5.74, 6) is -1.02. The lowest BCUT2D eigenvalue weighted by Gasteiger charge is -2.10. The van der Waals surface area contributed by atoms with Crippen LogP contribution >= 0.6 is 23.2 Å². The summed E-state index contributed by atoms with van der Waals surface area (Å²) in [6, 6.07) is 7.29. The Balaban J connectivity index is 1.89. The van der Waals surface area contributed by atoms with Crippen molar-refractivity contribution in [1.29, 1.82) is 0 Å². The van der Waals surface area contributed by atoms with Crippen molar-refractivity contribution in [2.45, 2.75) is 0 Å². The number of benzene rings is 2. The van der Waals surface area contributed by atoms with E-state index in [9.17, 15) is 25.1 Å². The van der Waals surface area contributed by atoms with Gasteiger partial charge in [0.1, 0.15) is 17.8 Å². The van der Waals surface area contributed by atoms with Crippen molar-refractivity contribution < 1.29 is 24.3 Å². The molecule has 3 aromatic rings. The number of amides is 1. The molecule has 3 N–H and O–H groups in total. The molecular formula is C17H10Cl2N2O6. The van der Waals surface area contributed by atoms with Gasteiger partial charge in [-0.15, -0.1) is 0 Å². The van der Waals surface area contributed by atoms with Crippen LogP contribution in [0.4, 0.5) is 11.4 Å². The van der Waals surface area contributed by atoms with E-state index in [4.69, 9.17) is 27.6 Å². The highest BCUT2D eigenvalue weighted by Crippen LogP contribution is 2.36. The van der Waals surface area contributed by atoms with Crippen molar-refractivity contribution in [1.82, 2.24) is 0 Å². The van der Waals surface area contributed by atoms with Gasteiger partial charge in [0.15, 0.2) is 5.75 Å². The van der Waals surface area contributed by atoms with Crippen molar-refractivity contribution in [3.05, 3.63) is 68.4 Å². The molecule has 3 rings (SSSR count). The summed E-state index contributed by atoms with van der Waals surface area (Å²) in [6.45, 7) is 0. The second-order valence-electron chi connectivity index (χ2n) is 5.39. The molecule has 10 heteroatoms. The van der Waals surface area contributed by atoms with Gasteiger partial charge in [0.2, 0.25) is 0 Å². The molecule has 0 atom stereocenters. The number of nitrogens with zero attached hydrogens (tertiary/aromatic N) is 1. The molecule has 0 fully saturated rings. The van der Waals surface area contributed by atoms with Crippen LogP contribution in [0.1, 0.15) is 10.4 Å². The molecule has 0 saturated carbocycles. The Bertz CT molecular complexity index is 1060. The first-order chi connectivity index (χ1) is 12.8. The van der Waals surface area contributed by atoms with Crippen LogP contribution in [0.2, 0.25) is 10.0 Å². The monoisotopic (exact) mass is 408 g/mol. The third kappa shape index (κ3) is 3.81. The zero-order valence-electron chi connectivity index (χ0n) is 13.3. The molecule has 0 spiro atoms. The van der Waals surface area contributed by atoms with E-state index < -0.39 is 10.8 Å². The number of nitro benzene ring substituents is 1. The molecule has 8 nitrogen and oxygen atoms in total. The normalized spacial score (nSPS) is 10.6. The quantitative estimate of drug-likeness (QED) is 0.419. The smallest absolute Gasteiger partial charge is 0.271 e. The lowest BCUT2D eigenvalue weighted by atomic mass is 10.1. The van der Waals surface area contributed by atoms with E-state index in [1.807, 2.05) is 0 Å². The summed E-state index contributed by atoms with van der Waals surface area (Å²) in [5.41, 5.74) is 0.0334. The predicted molar refractivity (Wildman–Crippen MR) is 98.5 cm³/mol. The minimum absolute atomic E-state index is 0.0363. The summed E-state index contributed by atoms with van der Waals surface area (Å²) in [6.07, 6.45) is 1.10. The zero-order chi connectivity index (χ0) is 19.7. The Morgan fingerprint density at radius 3 is 2.44 bits per heavy atom. The van der Waals surface area contributed by atoms with Crippen LogP contribution in [0.25, 0.3) is 11.3 Å². The van der Waals surface area contributed by atoms with Crippen LogP contribution in [0, 0.1) is 10.1 Å². The molecule has 1 heterocycles. The van der Waals surface area contributed by atoms with E-state index in [2.05, 4.69) is 5.32 Å². The number of hydrogen-bond acceptors (Lipinski definition) is 6. The highest BCUT2D eigenvalue weighted by molar-refractivity contribution is 6.35. The first-order valence-corrected chi connectivity index (χ1v) is 8.07. The molecule has 0 unspecified atom stereocenters. The predicted octanol–water partition coefficient (Wildman–Crippen LogP) is 4.83. The fourth-order valence-corrected chi connectivity index (χ4v) is 2.79. The first-order valence-electron chi connectivity index (χ1n) is 7.32. The first kappa shape index (κ1) is 18.6. The van der Waals surface area contributed by atoms with Gasteiger partial charge in [-0.05, 0) is 18.2 Å². The number of nitrogens with one attached hydrogen (secondary N) is 1. The van der Waals surface area contributed by atoms with Crippen molar-refractivity contribution in [3.8, 4) is 22.8 Å². The van der Waals surface area contributed by atoms with Gasteiger partial charge >= 0.3 is 0 Å². The lowest BCUT2D eigenvalue weighted by molar-refractivity contribution is -0.384. The number of furan rings is 1.